The summed E-state index contributed by atoms with van der Waals surface area (Å²) in [6.07, 6.45) is 2.98. The van der Waals surface area contributed by atoms with Crippen LogP contribution < -0.4 is 5.73 Å². The van der Waals surface area contributed by atoms with Crippen LogP contribution in [0, 0.1) is 6.92 Å². The number of nitrogens with zero attached hydrogens (tertiary/aromatic N) is 1. The lowest BCUT2D eigenvalue weighted by molar-refractivity contribution is 0.100. The van der Waals surface area contributed by atoms with Gasteiger partial charge in [-0.15, -0.1) is 0 Å². The molecule has 1 heterocycles. The minimum Gasteiger partial charge on any atom is -0.366 e. The van der Waals surface area contributed by atoms with E-state index in [1.165, 1.54) is 22.0 Å². The maximum absolute atomic E-state index is 12.2. The normalized spacial score (nSPS) is 11.2. The summed E-state index contributed by atoms with van der Waals surface area (Å²) in [6.45, 7) is 6.46. The van der Waals surface area contributed by atoms with Crippen LogP contribution >= 0.6 is 0 Å². The first-order chi connectivity index (χ1) is 12.0. The van der Waals surface area contributed by atoms with Crippen LogP contribution in [0.15, 0.2) is 36.4 Å². The summed E-state index contributed by atoms with van der Waals surface area (Å²) in [5.74, 6) is -0.361. The van der Waals surface area contributed by atoms with Crippen molar-refractivity contribution in [2.75, 3.05) is 0 Å². The first-order valence-corrected chi connectivity index (χ1v) is 9.00. The fraction of sp³-hybridized carbons (Fsp3) is 0.318. The molecule has 3 nitrogen and oxygen atoms in total. The molecule has 0 saturated heterocycles. The average Bonchev–Trinajstić information content (AvgIpc) is 2.86. The first kappa shape index (κ1) is 17.3. The number of hydrogen-bond donors (Lipinski definition) is 1. The number of aromatic nitrogens is 1. The van der Waals surface area contributed by atoms with Crippen molar-refractivity contribution in [3.8, 4) is 11.1 Å². The Bertz CT molecular complexity index is 950. The molecule has 0 bridgehead atoms. The van der Waals surface area contributed by atoms with Crippen LogP contribution in [0.1, 0.15) is 47.4 Å². The highest BCUT2D eigenvalue weighted by Gasteiger charge is 2.22. The van der Waals surface area contributed by atoms with Gasteiger partial charge in [0.25, 0.3) is 0 Å². The summed E-state index contributed by atoms with van der Waals surface area (Å²) < 4.78 is 2.20. The van der Waals surface area contributed by atoms with Crippen LogP contribution in [0.4, 0.5) is 0 Å². The summed E-state index contributed by atoms with van der Waals surface area (Å²) in [5, 5.41) is 1.17. The molecule has 1 amide bonds. The number of primary amides is 1. The van der Waals surface area contributed by atoms with E-state index >= 15 is 0 Å². The molecule has 2 aromatic carbocycles. The molecule has 25 heavy (non-hydrogen) atoms. The van der Waals surface area contributed by atoms with Gasteiger partial charge in [-0.25, -0.2) is 0 Å². The Kier molecular flexibility index (Phi) is 4.67. The zero-order valence-corrected chi connectivity index (χ0v) is 15.5. The smallest absolute Gasteiger partial charge is 0.249 e. The second kappa shape index (κ2) is 6.75. The van der Waals surface area contributed by atoms with Gasteiger partial charge in [0, 0.05) is 40.3 Å². The van der Waals surface area contributed by atoms with E-state index in [2.05, 4.69) is 62.7 Å². The molecule has 0 aliphatic carbocycles. The van der Waals surface area contributed by atoms with Gasteiger partial charge in [-0.1, -0.05) is 44.5 Å². The summed E-state index contributed by atoms with van der Waals surface area (Å²) in [4.78, 5) is 12.2. The highest BCUT2D eigenvalue weighted by atomic mass is 16.1. The standard InChI is InChI=1S/C22H26N2O/c1-5-9-15-12-13-18(22(23)25)21(16(15)6-2)20-14(3)24(4)19-11-8-7-10-17(19)20/h7-8,10-13H,5-6,9H2,1-4H3,(H2,23,25). The van der Waals surface area contributed by atoms with E-state index in [1.54, 1.807) is 0 Å². The van der Waals surface area contributed by atoms with E-state index in [0.29, 0.717) is 5.56 Å². The summed E-state index contributed by atoms with van der Waals surface area (Å²) >= 11 is 0. The molecule has 0 unspecified atom stereocenters. The van der Waals surface area contributed by atoms with Crippen LogP contribution in [-0.2, 0) is 19.9 Å². The topological polar surface area (TPSA) is 48.0 Å². The van der Waals surface area contributed by atoms with E-state index in [9.17, 15) is 4.79 Å². The van der Waals surface area contributed by atoms with Gasteiger partial charge in [0.2, 0.25) is 5.91 Å². The lowest BCUT2D eigenvalue weighted by Crippen LogP contribution is -2.14. The number of rotatable bonds is 5. The number of nitrogens with two attached hydrogens (primary N) is 1. The molecule has 130 valence electrons. The predicted molar refractivity (Wildman–Crippen MR) is 105 cm³/mol. The summed E-state index contributed by atoms with van der Waals surface area (Å²) in [6, 6.07) is 12.3. The van der Waals surface area contributed by atoms with Crippen LogP contribution in [0.3, 0.4) is 0 Å². The van der Waals surface area contributed by atoms with E-state index in [4.69, 9.17) is 5.73 Å². The Labute approximate surface area is 149 Å². The van der Waals surface area contributed by atoms with Gasteiger partial charge in [-0.05, 0) is 43.0 Å². The van der Waals surface area contributed by atoms with Gasteiger partial charge < -0.3 is 10.3 Å². The molecular formula is C22H26N2O. The molecule has 0 aliphatic rings. The number of carbonyl (C=O) groups is 1. The van der Waals surface area contributed by atoms with Crippen LogP contribution in [0.25, 0.3) is 22.0 Å². The molecular weight excluding hydrogens is 308 g/mol. The Morgan fingerprint density at radius 2 is 1.80 bits per heavy atom. The highest BCUT2D eigenvalue weighted by molar-refractivity contribution is 6.07. The summed E-state index contributed by atoms with van der Waals surface area (Å²) in [7, 11) is 2.08. The fourth-order valence-corrected chi connectivity index (χ4v) is 3.93. The largest absolute Gasteiger partial charge is 0.366 e. The van der Waals surface area contributed by atoms with Crippen molar-refractivity contribution in [1.29, 1.82) is 0 Å². The minimum absolute atomic E-state index is 0.361. The summed E-state index contributed by atoms with van der Waals surface area (Å²) in [5.41, 5.74) is 13.4. The molecule has 3 rings (SSSR count). The van der Waals surface area contributed by atoms with Gasteiger partial charge in [-0.3, -0.25) is 4.79 Å². The van der Waals surface area contributed by atoms with Crippen molar-refractivity contribution in [3.05, 3.63) is 58.8 Å². The third-order valence-electron chi connectivity index (χ3n) is 5.20. The highest BCUT2D eigenvalue weighted by Crippen LogP contribution is 2.39. The van der Waals surface area contributed by atoms with E-state index < -0.39 is 0 Å². The van der Waals surface area contributed by atoms with E-state index in [0.717, 1.165) is 36.1 Å². The minimum atomic E-state index is -0.361. The molecule has 2 N–H and O–H groups in total. The van der Waals surface area contributed by atoms with Crippen LogP contribution in [0.2, 0.25) is 0 Å². The number of amides is 1. The first-order valence-electron chi connectivity index (χ1n) is 9.00. The number of carbonyl (C=O) groups excluding carboxylic acids is 1. The monoisotopic (exact) mass is 334 g/mol. The molecule has 0 spiro atoms. The SMILES string of the molecule is CCCc1ccc(C(N)=O)c(-c2c(C)n(C)c3ccccc23)c1CC. The Balaban J connectivity index is 2.46. The van der Waals surface area contributed by atoms with Crippen molar-refractivity contribution < 1.29 is 4.79 Å². The number of aryl methyl sites for hydroxylation is 2. The average molecular weight is 334 g/mol. The van der Waals surface area contributed by atoms with Crippen molar-refractivity contribution in [1.82, 2.24) is 4.57 Å². The van der Waals surface area contributed by atoms with Crippen molar-refractivity contribution in [3.63, 3.8) is 0 Å². The maximum atomic E-state index is 12.2. The molecule has 0 radical (unpaired) electrons. The van der Waals surface area contributed by atoms with Crippen molar-refractivity contribution in [2.45, 2.75) is 40.0 Å². The van der Waals surface area contributed by atoms with Gasteiger partial charge in [0.05, 0.1) is 0 Å². The quantitative estimate of drug-likeness (QED) is 0.718. The number of fused-ring (bicyclic) bond motifs is 1. The van der Waals surface area contributed by atoms with Crippen molar-refractivity contribution >= 4 is 16.8 Å². The van der Waals surface area contributed by atoms with Gasteiger partial charge in [0.1, 0.15) is 0 Å². The molecule has 1 aromatic heterocycles. The zero-order chi connectivity index (χ0) is 18.1. The number of hydrogen-bond acceptors (Lipinski definition) is 1. The second-order valence-corrected chi connectivity index (χ2v) is 6.63. The van der Waals surface area contributed by atoms with Crippen LogP contribution in [0.5, 0.6) is 0 Å². The second-order valence-electron chi connectivity index (χ2n) is 6.63. The van der Waals surface area contributed by atoms with Gasteiger partial charge in [-0.2, -0.15) is 0 Å². The molecule has 0 fully saturated rings. The maximum Gasteiger partial charge on any atom is 0.249 e. The van der Waals surface area contributed by atoms with Crippen LogP contribution in [-0.4, -0.2) is 10.5 Å². The lowest BCUT2D eigenvalue weighted by atomic mass is 9.86. The Hall–Kier alpha value is -2.55. The van der Waals surface area contributed by atoms with E-state index in [-0.39, 0.29) is 5.91 Å². The fourth-order valence-electron chi connectivity index (χ4n) is 3.93. The lowest BCUT2D eigenvalue weighted by Gasteiger charge is -2.17. The molecule has 0 aliphatic heterocycles. The third-order valence-corrected chi connectivity index (χ3v) is 5.20. The predicted octanol–water partition coefficient (Wildman–Crippen LogP) is 4.77. The number of benzene rings is 2. The Morgan fingerprint density at radius 1 is 1.08 bits per heavy atom. The molecule has 3 aromatic rings. The Morgan fingerprint density at radius 3 is 2.44 bits per heavy atom. The zero-order valence-electron chi connectivity index (χ0n) is 15.5. The van der Waals surface area contributed by atoms with Gasteiger partial charge >= 0.3 is 0 Å². The molecule has 0 atom stereocenters. The van der Waals surface area contributed by atoms with Gasteiger partial charge in [0.15, 0.2) is 0 Å². The molecule has 0 saturated carbocycles. The third kappa shape index (κ3) is 2.74. The van der Waals surface area contributed by atoms with Crippen molar-refractivity contribution in [2.24, 2.45) is 12.8 Å². The number of para-hydroxylation sites is 1. The molecule has 3 heteroatoms. The van der Waals surface area contributed by atoms with E-state index in [1.807, 2.05) is 6.07 Å².